The molecule has 0 aliphatic heterocycles. The molecule has 0 spiro atoms. The fraction of sp³-hybridized carbons (Fsp3) is 0.0526. The number of aliphatic hydroxyl groups excluding tert-OH is 1. The van der Waals surface area contributed by atoms with E-state index < -0.39 is 0 Å². The van der Waals surface area contributed by atoms with E-state index in [2.05, 4.69) is 106 Å². The number of fused-ring (bicyclic) bond motifs is 6. The molecule has 0 amide bonds. The van der Waals surface area contributed by atoms with Gasteiger partial charge in [-0.3, -0.25) is 0 Å². The van der Waals surface area contributed by atoms with Crippen LogP contribution in [0.4, 0.5) is 0 Å². The van der Waals surface area contributed by atoms with E-state index in [1.807, 2.05) is 43.3 Å². The fourth-order valence-corrected chi connectivity index (χ4v) is 6.28. The molecule has 0 aliphatic rings. The summed E-state index contributed by atoms with van der Waals surface area (Å²) in [5, 5.41) is 15.0. The molecule has 0 saturated heterocycles. The molecule has 8 aromatic rings. The predicted octanol–water partition coefficient (Wildman–Crippen LogP) is 9.47. The average Bonchev–Trinajstić information content (AvgIpc) is 3.55. The molecule has 2 aromatic heterocycles. The molecule has 4 nitrogen and oxygen atoms in total. The topological polar surface area (TPSA) is 39.3 Å². The van der Waals surface area contributed by atoms with Crippen molar-refractivity contribution >= 4 is 43.6 Å². The lowest BCUT2D eigenvalue weighted by atomic mass is 10.1. The van der Waals surface area contributed by atoms with Crippen LogP contribution in [0.1, 0.15) is 11.1 Å². The van der Waals surface area contributed by atoms with E-state index >= 15 is 0 Å². The quantitative estimate of drug-likeness (QED) is 0.234. The van der Waals surface area contributed by atoms with Crippen LogP contribution in [0.25, 0.3) is 55.0 Å². The van der Waals surface area contributed by atoms with E-state index in [0.717, 1.165) is 39.3 Å². The van der Waals surface area contributed by atoms with Crippen molar-refractivity contribution < 1.29 is 9.84 Å². The Hall–Kier alpha value is -5.32. The molecule has 0 bridgehead atoms. The van der Waals surface area contributed by atoms with Crippen LogP contribution >= 0.6 is 0 Å². The molecule has 0 saturated carbocycles. The molecule has 0 unspecified atom stereocenters. The minimum atomic E-state index is -0.100. The Balaban J connectivity index is 1.35. The van der Waals surface area contributed by atoms with E-state index in [9.17, 15) is 5.11 Å². The van der Waals surface area contributed by atoms with Crippen molar-refractivity contribution in [3.05, 3.63) is 145 Å². The number of rotatable bonds is 5. The predicted molar refractivity (Wildman–Crippen MR) is 172 cm³/mol. The lowest BCUT2D eigenvalue weighted by molar-refractivity contribution is 0.276. The van der Waals surface area contributed by atoms with Crippen LogP contribution in [-0.4, -0.2) is 14.2 Å². The highest BCUT2D eigenvalue weighted by molar-refractivity contribution is 6.12. The zero-order valence-electron chi connectivity index (χ0n) is 23.2. The van der Waals surface area contributed by atoms with Gasteiger partial charge in [0.1, 0.15) is 11.5 Å². The van der Waals surface area contributed by atoms with Gasteiger partial charge in [-0.05, 0) is 61.0 Å². The lowest BCUT2D eigenvalue weighted by Crippen LogP contribution is -1.99. The molecule has 8 rings (SSSR count). The summed E-state index contributed by atoms with van der Waals surface area (Å²) in [6.07, 6.45) is 0. The summed E-state index contributed by atoms with van der Waals surface area (Å²) in [4.78, 5) is 0. The second-order valence-electron chi connectivity index (χ2n) is 10.7. The number of ether oxygens (including phenoxy) is 1. The normalized spacial score (nSPS) is 11.7. The molecular formula is C38H28N2O2. The Morgan fingerprint density at radius 3 is 1.62 bits per heavy atom. The zero-order chi connectivity index (χ0) is 28.2. The van der Waals surface area contributed by atoms with Gasteiger partial charge in [-0.1, -0.05) is 78.9 Å². The number of benzene rings is 6. The van der Waals surface area contributed by atoms with E-state index in [1.165, 1.54) is 32.6 Å². The minimum absolute atomic E-state index is 0.100. The molecule has 1 N–H and O–H groups in total. The van der Waals surface area contributed by atoms with Gasteiger partial charge in [-0.2, -0.15) is 0 Å². The van der Waals surface area contributed by atoms with Gasteiger partial charge in [0.2, 0.25) is 0 Å². The van der Waals surface area contributed by atoms with Crippen molar-refractivity contribution in [1.29, 1.82) is 0 Å². The number of para-hydroxylation sites is 4. The van der Waals surface area contributed by atoms with Crippen molar-refractivity contribution in [2.75, 3.05) is 0 Å². The maximum atomic E-state index is 10.1. The molecule has 42 heavy (non-hydrogen) atoms. The molecule has 2 heterocycles. The minimum Gasteiger partial charge on any atom is -0.457 e. The summed E-state index contributed by atoms with van der Waals surface area (Å²) in [6.45, 7) is 1.93. The maximum absolute atomic E-state index is 10.1. The maximum Gasteiger partial charge on any atom is 0.135 e. The third-order valence-corrected chi connectivity index (χ3v) is 8.29. The summed E-state index contributed by atoms with van der Waals surface area (Å²) in [7, 11) is 0. The summed E-state index contributed by atoms with van der Waals surface area (Å²) >= 11 is 0. The third kappa shape index (κ3) is 3.73. The van der Waals surface area contributed by atoms with Gasteiger partial charge in [0.25, 0.3) is 0 Å². The molecule has 6 aromatic carbocycles. The first-order chi connectivity index (χ1) is 20.7. The van der Waals surface area contributed by atoms with Crippen molar-refractivity contribution in [1.82, 2.24) is 9.13 Å². The highest BCUT2D eigenvalue weighted by Gasteiger charge is 2.17. The number of hydrogen-bond acceptors (Lipinski definition) is 2. The zero-order valence-corrected chi connectivity index (χ0v) is 23.2. The van der Waals surface area contributed by atoms with Gasteiger partial charge < -0.3 is 19.0 Å². The molecule has 0 radical (unpaired) electrons. The molecule has 4 heteroatoms. The molecule has 202 valence electrons. The Bertz CT molecular complexity index is 2240. The van der Waals surface area contributed by atoms with Crippen LogP contribution < -0.4 is 4.74 Å². The van der Waals surface area contributed by atoms with Crippen LogP contribution in [-0.2, 0) is 6.61 Å². The first-order valence-corrected chi connectivity index (χ1v) is 14.2. The monoisotopic (exact) mass is 544 g/mol. The molecular weight excluding hydrogens is 516 g/mol. The number of aliphatic hydroxyl groups is 1. The molecule has 0 fully saturated rings. The smallest absolute Gasteiger partial charge is 0.135 e. The van der Waals surface area contributed by atoms with Gasteiger partial charge in [-0.15, -0.1) is 0 Å². The highest BCUT2D eigenvalue weighted by Crippen LogP contribution is 2.38. The molecule has 0 atom stereocenters. The van der Waals surface area contributed by atoms with Crippen molar-refractivity contribution in [3.63, 3.8) is 0 Å². The Kier molecular flexibility index (Phi) is 5.62. The Morgan fingerprint density at radius 1 is 0.500 bits per heavy atom. The van der Waals surface area contributed by atoms with Crippen LogP contribution in [0, 0.1) is 6.92 Å². The highest BCUT2D eigenvalue weighted by atomic mass is 16.5. The van der Waals surface area contributed by atoms with Gasteiger partial charge in [0.05, 0.1) is 28.7 Å². The van der Waals surface area contributed by atoms with Crippen molar-refractivity contribution in [2.24, 2.45) is 0 Å². The second-order valence-corrected chi connectivity index (χ2v) is 10.7. The number of aromatic nitrogens is 2. The first-order valence-electron chi connectivity index (χ1n) is 14.2. The van der Waals surface area contributed by atoms with Gasteiger partial charge >= 0.3 is 0 Å². The van der Waals surface area contributed by atoms with Crippen molar-refractivity contribution in [3.8, 4) is 22.9 Å². The number of nitrogens with zero attached hydrogens (tertiary/aromatic N) is 2. The van der Waals surface area contributed by atoms with Crippen LogP contribution in [0.3, 0.4) is 0 Å². The van der Waals surface area contributed by atoms with Crippen molar-refractivity contribution in [2.45, 2.75) is 13.5 Å². The van der Waals surface area contributed by atoms with E-state index in [0.29, 0.717) is 5.75 Å². The van der Waals surface area contributed by atoms with E-state index in [4.69, 9.17) is 4.74 Å². The third-order valence-electron chi connectivity index (χ3n) is 8.29. The SMILES string of the molecule is Cc1ccccc1Oc1cc(-n2c3ccccc3c3cc(-n4c5ccccc5c5ccccc54)ccc32)ccc1CO. The summed E-state index contributed by atoms with van der Waals surface area (Å²) < 4.78 is 11.0. The fourth-order valence-electron chi connectivity index (χ4n) is 6.28. The summed E-state index contributed by atoms with van der Waals surface area (Å²) in [5.41, 5.74) is 8.51. The molecule has 0 aliphatic carbocycles. The Morgan fingerprint density at radius 2 is 1.00 bits per heavy atom. The van der Waals surface area contributed by atoms with Gasteiger partial charge in [0.15, 0.2) is 0 Å². The largest absolute Gasteiger partial charge is 0.457 e. The van der Waals surface area contributed by atoms with E-state index in [1.54, 1.807) is 0 Å². The van der Waals surface area contributed by atoms with Crippen LogP contribution in [0.15, 0.2) is 133 Å². The van der Waals surface area contributed by atoms with Gasteiger partial charge in [-0.25, -0.2) is 0 Å². The number of aryl methyl sites for hydroxylation is 1. The second kappa shape index (κ2) is 9.65. The standard InChI is InChI=1S/C38H28N2O2/c1-25-10-2-9-17-37(25)42-38-23-28(19-18-26(38)24-41)40-35-16-8-5-13-31(35)32-22-27(20-21-36(32)40)39-33-14-6-3-11-29(33)30-12-4-7-15-34(30)39/h2-23,41H,24H2,1H3. The summed E-state index contributed by atoms with van der Waals surface area (Å²) in [5.74, 6) is 1.43. The number of hydrogen-bond donors (Lipinski definition) is 1. The van der Waals surface area contributed by atoms with Crippen LogP contribution in [0.2, 0.25) is 0 Å². The first kappa shape index (κ1) is 24.5. The van der Waals surface area contributed by atoms with Gasteiger partial charge in [0, 0.05) is 44.5 Å². The summed E-state index contributed by atoms with van der Waals surface area (Å²) in [6, 6.07) is 46.5. The average molecular weight is 545 g/mol. The van der Waals surface area contributed by atoms with E-state index in [-0.39, 0.29) is 6.61 Å². The lowest BCUT2D eigenvalue weighted by Gasteiger charge is -2.15. The Labute approximate surface area is 243 Å². The van der Waals surface area contributed by atoms with Crippen LogP contribution in [0.5, 0.6) is 11.5 Å².